The summed E-state index contributed by atoms with van der Waals surface area (Å²) in [5, 5.41) is 0. The standard InChI is InChI=1S/C23H19NO5S/c1-28-16-13-11-15(12-14-16)21(23(25)29-2)24-22-17-7-3-5-9-19(17)30(26,27)20-10-6-4-8-18(20)22/h3-14,22H,1-2H3. The van der Waals surface area contributed by atoms with Gasteiger partial charge < -0.3 is 9.47 Å². The Balaban J connectivity index is 1.95. The molecule has 0 aliphatic carbocycles. The van der Waals surface area contributed by atoms with Crippen molar-refractivity contribution in [1.82, 2.24) is 0 Å². The van der Waals surface area contributed by atoms with Crippen molar-refractivity contribution in [2.75, 3.05) is 14.2 Å². The van der Waals surface area contributed by atoms with E-state index < -0.39 is 21.8 Å². The lowest BCUT2D eigenvalue weighted by Gasteiger charge is -2.26. The minimum atomic E-state index is -3.67. The minimum absolute atomic E-state index is 0.106. The van der Waals surface area contributed by atoms with E-state index in [9.17, 15) is 13.2 Å². The predicted molar refractivity (Wildman–Crippen MR) is 112 cm³/mol. The number of rotatable bonds is 4. The number of hydrogen-bond acceptors (Lipinski definition) is 6. The van der Waals surface area contributed by atoms with Crippen LogP contribution in [-0.4, -0.2) is 34.3 Å². The van der Waals surface area contributed by atoms with E-state index in [0.717, 1.165) is 0 Å². The maximum atomic E-state index is 13.1. The Morgan fingerprint density at radius 2 is 1.37 bits per heavy atom. The molecule has 1 heterocycles. The van der Waals surface area contributed by atoms with Gasteiger partial charge in [-0.15, -0.1) is 0 Å². The second-order valence-corrected chi connectivity index (χ2v) is 8.57. The van der Waals surface area contributed by atoms with Gasteiger partial charge in [0.1, 0.15) is 11.8 Å². The van der Waals surface area contributed by atoms with Gasteiger partial charge in [-0.3, -0.25) is 4.99 Å². The first-order valence-electron chi connectivity index (χ1n) is 9.21. The van der Waals surface area contributed by atoms with Crippen molar-refractivity contribution in [2.24, 2.45) is 4.99 Å². The number of benzene rings is 3. The summed E-state index contributed by atoms with van der Waals surface area (Å²) in [4.78, 5) is 17.7. The molecule has 6 nitrogen and oxygen atoms in total. The number of nitrogens with zero attached hydrogens (tertiary/aromatic N) is 1. The highest BCUT2D eigenvalue weighted by molar-refractivity contribution is 7.91. The number of sulfone groups is 1. The van der Waals surface area contributed by atoms with Gasteiger partial charge in [-0.2, -0.15) is 0 Å². The maximum absolute atomic E-state index is 13.1. The largest absolute Gasteiger partial charge is 0.497 e. The molecular formula is C23H19NO5S. The summed E-state index contributed by atoms with van der Waals surface area (Å²) in [7, 11) is -0.829. The van der Waals surface area contributed by atoms with Crippen molar-refractivity contribution in [3.63, 3.8) is 0 Å². The molecule has 0 saturated heterocycles. The van der Waals surface area contributed by atoms with Crippen molar-refractivity contribution in [3.8, 4) is 5.75 Å². The summed E-state index contributed by atoms with van der Waals surface area (Å²) in [5.41, 5.74) is 1.69. The Morgan fingerprint density at radius 1 is 0.833 bits per heavy atom. The van der Waals surface area contributed by atoms with E-state index in [2.05, 4.69) is 0 Å². The number of hydrogen-bond donors (Lipinski definition) is 0. The number of carbonyl (C=O) groups is 1. The Morgan fingerprint density at radius 3 is 1.87 bits per heavy atom. The van der Waals surface area contributed by atoms with E-state index in [-0.39, 0.29) is 15.5 Å². The Hall–Kier alpha value is -3.45. The van der Waals surface area contributed by atoms with Crippen molar-refractivity contribution in [2.45, 2.75) is 15.8 Å². The summed E-state index contributed by atoms with van der Waals surface area (Å²) in [5.74, 6) is 0.0333. The Labute approximate surface area is 174 Å². The molecule has 1 aliphatic rings. The van der Waals surface area contributed by atoms with Crippen LogP contribution in [0.15, 0.2) is 87.6 Å². The summed E-state index contributed by atoms with van der Waals surface area (Å²) in [6.07, 6.45) is 0. The summed E-state index contributed by atoms with van der Waals surface area (Å²) < 4.78 is 36.3. The highest BCUT2D eigenvalue weighted by atomic mass is 32.2. The number of fused-ring (bicyclic) bond motifs is 2. The third-order valence-corrected chi connectivity index (χ3v) is 6.91. The van der Waals surface area contributed by atoms with E-state index in [1.807, 2.05) is 0 Å². The van der Waals surface area contributed by atoms with Gasteiger partial charge in [-0.25, -0.2) is 13.2 Å². The number of aliphatic imine (C=N–C) groups is 1. The predicted octanol–water partition coefficient (Wildman–Crippen LogP) is 3.59. The molecule has 3 aromatic carbocycles. The second-order valence-electron chi connectivity index (χ2n) is 6.68. The normalized spacial score (nSPS) is 15.1. The van der Waals surface area contributed by atoms with Gasteiger partial charge in [0.25, 0.3) is 0 Å². The van der Waals surface area contributed by atoms with Crippen LogP contribution in [0.25, 0.3) is 0 Å². The molecule has 3 aromatic rings. The first-order valence-corrected chi connectivity index (χ1v) is 10.7. The average molecular weight is 421 g/mol. The minimum Gasteiger partial charge on any atom is -0.497 e. The highest BCUT2D eigenvalue weighted by Crippen LogP contribution is 2.42. The van der Waals surface area contributed by atoms with Crippen LogP contribution in [0, 0.1) is 0 Å². The van der Waals surface area contributed by atoms with Crippen molar-refractivity contribution in [3.05, 3.63) is 89.5 Å². The molecule has 0 aromatic heterocycles. The lowest BCUT2D eigenvalue weighted by Crippen LogP contribution is -2.22. The van der Waals surface area contributed by atoms with Crippen molar-refractivity contribution >= 4 is 21.5 Å². The van der Waals surface area contributed by atoms with Crippen LogP contribution in [0.4, 0.5) is 0 Å². The zero-order valence-electron chi connectivity index (χ0n) is 16.4. The first kappa shape index (κ1) is 19.8. The van der Waals surface area contributed by atoms with E-state index in [0.29, 0.717) is 22.4 Å². The summed E-state index contributed by atoms with van der Waals surface area (Å²) >= 11 is 0. The molecule has 152 valence electrons. The topological polar surface area (TPSA) is 82.0 Å². The molecule has 0 N–H and O–H groups in total. The average Bonchev–Trinajstić information content (AvgIpc) is 2.79. The fraction of sp³-hybridized carbons (Fsp3) is 0.130. The molecule has 0 unspecified atom stereocenters. The van der Waals surface area contributed by atoms with Gasteiger partial charge in [0.05, 0.1) is 24.0 Å². The van der Waals surface area contributed by atoms with Gasteiger partial charge in [-0.05, 0) is 36.4 Å². The maximum Gasteiger partial charge on any atom is 0.356 e. The smallest absolute Gasteiger partial charge is 0.356 e. The zero-order chi connectivity index (χ0) is 21.3. The van der Waals surface area contributed by atoms with Gasteiger partial charge in [0.2, 0.25) is 9.84 Å². The highest BCUT2D eigenvalue weighted by Gasteiger charge is 2.35. The molecule has 7 heteroatoms. The van der Waals surface area contributed by atoms with Crippen LogP contribution in [-0.2, 0) is 19.4 Å². The molecule has 30 heavy (non-hydrogen) atoms. The fourth-order valence-electron chi connectivity index (χ4n) is 3.55. The molecule has 0 spiro atoms. The van der Waals surface area contributed by atoms with Crippen LogP contribution < -0.4 is 4.74 Å². The third-order valence-electron chi connectivity index (χ3n) is 5.01. The molecule has 0 atom stereocenters. The number of carbonyl (C=O) groups excluding carboxylic acids is 1. The van der Waals surface area contributed by atoms with Crippen LogP contribution in [0.3, 0.4) is 0 Å². The van der Waals surface area contributed by atoms with E-state index in [1.54, 1.807) is 79.9 Å². The summed E-state index contributed by atoms with van der Waals surface area (Å²) in [6.45, 7) is 0. The molecule has 0 amide bonds. The van der Waals surface area contributed by atoms with E-state index in [4.69, 9.17) is 14.5 Å². The fourth-order valence-corrected chi connectivity index (χ4v) is 5.28. The molecule has 0 radical (unpaired) electrons. The van der Waals surface area contributed by atoms with Gasteiger partial charge >= 0.3 is 5.97 Å². The SMILES string of the molecule is COC(=O)C(=NC1c2ccccc2S(=O)(=O)c2ccccc21)c1ccc(OC)cc1. The lowest BCUT2D eigenvalue weighted by molar-refractivity contribution is -0.132. The number of esters is 1. The van der Waals surface area contributed by atoms with Crippen molar-refractivity contribution < 1.29 is 22.7 Å². The van der Waals surface area contributed by atoms with Gasteiger partial charge in [0.15, 0.2) is 5.71 Å². The molecular weight excluding hydrogens is 402 g/mol. The van der Waals surface area contributed by atoms with Crippen molar-refractivity contribution in [1.29, 1.82) is 0 Å². The molecule has 1 aliphatic heterocycles. The quantitative estimate of drug-likeness (QED) is 0.475. The molecule has 0 fully saturated rings. The van der Waals surface area contributed by atoms with Gasteiger partial charge in [-0.1, -0.05) is 36.4 Å². The lowest BCUT2D eigenvalue weighted by atomic mass is 9.97. The second kappa shape index (κ2) is 7.76. The van der Waals surface area contributed by atoms with E-state index >= 15 is 0 Å². The number of ether oxygens (including phenoxy) is 2. The van der Waals surface area contributed by atoms with Crippen LogP contribution in [0.5, 0.6) is 5.75 Å². The third kappa shape index (κ3) is 3.27. The Kier molecular flexibility index (Phi) is 5.13. The zero-order valence-corrected chi connectivity index (χ0v) is 17.2. The van der Waals surface area contributed by atoms with E-state index in [1.165, 1.54) is 7.11 Å². The number of methoxy groups -OCH3 is 2. The van der Waals surface area contributed by atoms with Crippen LogP contribution in [0.2, 0.25) is 0 Å². The van der Waals surface area contributed by atoms with Gasteiger partial charge in [0, 0.05) is 16.7 Å². The molecule has 0 saturated carbocycles. The van der Waals surface area contributed by atoms with Crippen LogP contribution >= 0.6 is 0 Å². The summed E-state index contributed by atoms with van der Waals surface area (Å²) in [6, 6.07) is 19.7. The molecule has 0 bridgehead atoms. The molecule has 4 rings (SSSR count). The monoisotopic (exact) mass is 421 g/mol. The first-order chi connectivity index (χ1) is 14.5. The Bertz CT molecular complexity index is 1190. The van der Waals surface area contributed by atoms with Crippen LogP contribution in [0.1, 0.15) is 22.7 Å².